The molecule has 2 aromatic rings. The molecule has 0 radical (unpaired) electrons. The first-order chi connectivity index (χ1) is 11.9. The van der Waals surface area contributed by atoms with Gasteiger partial charge in [0.1, 0.15) is 5.82 Å². The summed E-state index contributed by atoms with van der Waals surface area (Å²) < 4.78 is 23.8. The quantitative estimate of drug-likeness (QED) is 0.784. The lowest BCUT2D eigenvalue weighted by atomic mass is 10.1. The van der Waals surface area contributed by atoms with E-state index in [2.05, 4.69) is 5.32 Å². The summed E-state index contributed by atoms with van der Waals surface area (Å²) >= 11 is 0. The van der Waals surface area contributed by atoms with E-state index in [1.165, 1.54) is 20.1 Å². The second-order valence-electron chi connectivity index (χ2n) is 5.57. The van der Waals surface area contributed by atoms with Gasteiger partial charge in [0, 0.05) is 12.1 Å². The minimum absolute atomic E-state index is 0.0859. The largest absolute Gasteiger partial charge is 0.493 e. The summed E-state index contributed by atoms with van der Waals surface area (Å²) in [6.07, 6.45) is 0. The number of hydrogen-bond acceptors (Lipinski definition) is 4. The maximum Gasteiger partial charge on any atom is 0.258 e. The molecule has 0 atom stereocenters. The van der Waals surface area contributed by atoms with Crippen LogP contribution < -0.4 is 14.8 Å². The van der Waals surface area contributed by atoms with Crippen molar-refractivity contribution in [1.29, 1.82) is 0 Å². The first kappa shape index (κ1) is 18.4. The van der Waals surface area contributed by atoms with Gasteiger partial charge in [-0.05, 0) is 49.2 Å². The Labute approximate surface area is 145 Å². The van der Waals surface area contributed by atoms with E-state index in [1.54, 1.807) is 37.3 Å². The van der Waals surface area contributed by atoms with E-state index in [1.807, 2.05) is 0 Å². The number of methoxy groups -OCH3 is 1. The van der Waals surface area contributed by atoms with Gasteiger partial charge in [-0.25, -0.2) is 4.39 Å². The molecule has 0 saturated heterocycles. The van der Waals surface area contributed by atoms with Crippen molar-refractivity contribution in [3.8, 4) is 11.5 Å². The number of ketones is 1. The molecule has 0 unspecified atom stereocenters. The second-order valence-corrected chi connectivity index (χ2v) is 5.57. The number of hydrogen-bond donors (Lipinski definition) is 1. The number of carbonyl (C=O) groups is 2. The maximum atomic E-state index is 13.2. The topological polar surface area (TPSA) is 64.6 Å². The van der Waals surface area contributed by atoms with E-state index < -0.39 is 0 Å². The molecule has 25 heavy (non-hydrogen) atoms. The zero-order valence-corrected chi connectivity index (χ0v) is 14.4. The Morgan fingerprint density at radius 3 is 2.52 bits per heavy atom. The van der Waals surface area contributed by atoms with E-state index in [0.717, 1.165) is 5.56 Å². The minimum atomic E-state index is -0.320. The number of rotatable bonds is 7. The zero-order chi connectivity index (χ0) is 18.4. The minimum Gasteiger partial charge on any atom is -0.493 e. The molecule has 0 fully saturated rings. The van der Waals surface area contributed by atoms with Gasteiger partial charge in [0.2, 0.25) is 0 Å². The molecular formula is C19H20FNO4. The van der Waals surface area contributed by atoms with Gasteiger partial charge in [-0.2, -0.15) is 0 Å². The number of benzene rings is 2. The monoisotopic (exact) mass is 345 g/mol. The predicted molar refractivity (Wildman–Crippen MR) is 91.5 cm³/mol. The lowest BCUT2D eigenvalue weighted by Gasteiger charge is -2.12. The van der Waals surface area contributed by atoms with E-state index in [-0.39, 0.29) is 30.7 Å². The van der Waals surface area contributed by atoms with E-state index in [0.29, 0.717) is 22.6 Å². The van der Waals surface area contributed by atoms with Gasteiger partial charge in [-0.1, -0.05) is 12.1 Å². The van der Waals surface area contributed by atoms with E-state index >= 15 is 0 Å². The Balaban J connectivity index is 1.91. The smallest absolute Gasteiger partial charge is 0.258 e. The molecule has 0 aliphatic rings. The average molecular weight is 345 g/mol. The van der Waals surface area contributed by atoms with Crippen LogP contribution in [-0.2, 0) is 11.3 Å². The van der Waals surface area contributed by atoms with Crippen LogP contribution in [0.25, 0.3) is 0 Å². The maximum absolute atomic E-state index is 13.2. The highest BCUT2D eigenvalue weighted by atomic mass is 19.1. The van der Waals surface area contributed by atoms with Crippen LogP contribution in [0.15, 0.2) is 36.4 Å². The molecule has 0 aliphatic carbocycles. The Bertz CT molecular complexity index is 789. The fourth-order valence-electron chi connectivity index (χ4n) is 2.22. The average Bonchev–Trinajstić information content (AvgIpc) is 2.60. The first-order valence-electron chi connectivity index (χ1n) is 7.74. The fourth-order valence-corrected chi connectivity index (χ4v) is 2.22. The molecule has 2 aromatic carbocycles. The van der Waals surface area contributed by atoms with Crippen molar-refractivity contribution in [2.75, 3.05) is 13.7 Å². The fraction of sp³-hybridized carbons (Fsp3) is 0.263. The number of carbonyl (C=O) groups excluding carboxylic acids is 2. The van der Waals surface area contributed by atoms with Gasteiger partial charge in [0.15, 0.2) is 23.9 Å². The van der Waals surface area contributed by atoms with Gasteiger partial charge in [0.25, 0.3) is 5.91 Å². The molecule has 5 nitrogen and oxygen atoms in total. The first-order valence-corrected chi connectivity index (χ1v) is 7.74. The Morgan fingerprint density at radius 1 is 1.12 bits per heavy atom. The van der Waals surface area contributed by atoms with Crippen LogP contribution in [0.3, 0.4) is 0 Å². The molecule has 1 N–H and O–H groups in total. The van der Waals surface area contributed by atoms with Gasteiger partial charge >= 0.3 is 0 Å². The highest BCUT2D eigenvalue weighted by Gasteiger charge is 2.10. The van der Waals surface area contributed by atoms with Gasteiger partial charge in [-0.15, -0.1) is 0 Å². The van der Waals surface area contributed by atoms with Gasteiger partial charge in [0.05, 0.1) is 7.11 Å². The molecule has 132 valence electrons. The SMILES string of the molecule is COc1cc(C(C)=O)ccc1OCC(=O)NCc1ccc(F)c(C)c1. The van der Waals surface area contributed by atoms with Crippen molar-refractivity contribution < 1.29 is 23.5 Å². The third-order valence-electron chi connectivity index (χ3n) is 3.64. The summed E-state index contributed by atoms with van der Waals surface area (Å²) in [6.45, 7) is 3.21. The van der Waals surface area contributed by atoms with Crippen molar-refractivity contribution >= 4 is 11.7 Å². The number of aryl methyl sites for hydroxylation is 1. The molecule has 0 heterocycles. The van der Waals surface area contributed by atoms with Crippen LogP contribution in [0.1, 0.15) is 28.4 Å². The molecular weight excluding hydrogens is 325 g/mol. The van der Waals surface area contributed by atoms with Crippen molar-refractivity contribution in [3.05, 3.63) is 58.9 Å². The van der Waals surface area contributed by atoms with Crippen LogP contribution >= 0.6 is 0 Å². The molecule has 0 saturated carbocycles. The molecule has 1 amide bonds. The highest BCUT2D eigenvalue weighted by Crippen LogP contribution is 2.28. The zero-order valence-electron chi connectivity index (χ0n) is 14.4. The summed E-state index contributed by atoms with van der Waals surface area (Å²) in [5.74, 6) is 0.0753. The second kappa shape index (κ2) is 8.28. The van der Waals surface area contributed by atoms with E-state index in [9.17, 15) is 14.0 Å². The third-order valence-corrected chi connectivity index (χ3v) is 3.64. The van der Waals surface area contributed by atoms with Crippen LogP contribution in [0.5, 0.6) is 11.5 Å². The highest BCUT2D eigenvalue weighted by molar-refractivity contribution is 5.94. The van der Waals surface area contributed by atoms with Crippen molar-refractivity contribution in [1.82, 2.24) is 5.32 Å². The number of amides is 1. The van der Waals surface area contributed by atoms with Gasteiger partial charge < -0.3 is 14.8 Å². The summed E-state index contributed by atoms with van der Waals surface area (Å²) in [6, 6.07) is 9.43. The van der Waals surface area contributed by atoms with Crippen molar-refractivity contribution in [2.45, 2.75) is 20.4 Å². The van der Waals surface area contributed by atoms with Crippen LogP contribution in [0.4, 0.5) is 4.39 Å². The molecule has 0 aromatic heterocycles. The summed E-state index contributed by atoms with van der Waals surface area (Å²) in [4.78, 5) is 23.3. The Hall–Kier alpha value is -2.89. The molecule has 0 aliphatic heterocycles. The van der Waals surface area contributed by atoms with Gasteiger partial charge in [-0.3, -0.25) is 9.59 Å². The number of nitrogens with one attached hydrogen (secondary N) is 1. The standard InChI is InChI=1S/C19H20FNO4/c1-12-8-14(4-6-16(12)20)10-21-19(23)11-25-17-7-5-15(13(2)22)9-18(17)24-3/h4-9H,10-11H2,1-3H3,(H,21,23). The normalized spacial score (nSPS) is 10.2. The van der Waals surface area contributed by atoms with Crippen LogP contribution in [0.2, 0.25) is 0 Å². The molecule has 0 spiro atoms. The number of halogens is 1. The lowest BCUT2D eigenvalue weighted by molar-refractivity contribution is -0.123. The van der Waals surface area contributed by atoms with Crippen LogP contribution in [-0.4, -0.2) is 25.4 Å². The summed E-state index contributed by atoms with van der Waals surface area (Å²) in [7, 11) is 1.46. The number of ether oxygens (including phenoxy) is 2. The Morgan fingerprint density at radius 2 is 1.88 bits per heavy atom. The molecule has 6 heteroatoms. The van der Waals surface area contributed by atoms with Crippen molar-refractivity contribution in [2.24, 2.45) is 0 Å². The third kappa shape index (κ3) is 5.04. The summed E-state index contributed by atoms with van der Waals surface area (Å²) in [5, 5.41) is 2.70. The Kier molecular flexibility index (Phi) is 6.11. The van der Waals surface area contributed by atoms with Crippen molar-refractivity contribution in [3.63, 3.8) is 0 Å². The van der Waals surface area contributed by atoms with E-state index in [4.69, 9.17) is 9.47 Å². The molecule has 0 bridgehead atoms. The molecule has 2 rings (SSSR count). The lowest BCUT2D eigenvalue weighted by Crippen LogP contribution is -2.28. The summed E-state index contributed by atoms with van der Waals surface area (Å²) in [5.41, 5.74) is 1.83. The number of Topliss-reactive ketones (excluding diaryl/α,β-unsaturated/α-hetero) is 1. The van der Waals surface area contributed by atoms with Crippen LogP contribution in [0, 0.1) is 12.7 Å². The predicted octanol–water partition coefficient (Wildman–Crippen LogP) is 3.04.